The minimum atomic E-state index is -4.75. The van der Waals surface area contributed by atoms with Crippen molar-refractivity contribution < 1.29 is 37.9 Å². The Balaban J connectivity index is 3.90. The van der Waals surface area contributed by atoms with Crippen LogP contribution in [0.4, 0.5) is 0 Å². The first-order valence-electron chi connectivity index (χ1n) is 21.0. The molecule has 0 radical (unpaired) electrons. The van der Waals surface area contributed by atoms with Gasteiger partial charge in [0.15, 0.2) is 6.10 Å². The summed E-state index contributed by atoms with van der Waals surface area (Å²) in [5, 5.41) is 0. The van der Waals surface area contributed by atoms with E-state index in [1.165, 1.54) is 141 Å². The van der Waals surface area contributed by atoms with E-state index in [1.807, 2.05) is 0 Å². The topological polar surface area (TPSA) is 119 Å². The first-order chi connectivity index (χ1) is 24.3. The summed E-state index contributed by atoms with van der Waals surface area (Å²) in [7, 11) is -4.75. The van der Waals surface area contributed by atoms with Gasteiger partial charge in [-0.15, -0.1) is 0 Å². The highest BCUT2D eigenvalue weighted by molar-refractivity contribution is 7.46. The van der Waals surface area contributed by atoms with Gasteiger partial charge in [-0.05, 0) is 38.5 Å². The Hall–Kier alpha value is -1.21. The lowest BCUT2D eigenvalue weighted by atomic mass is 10.0. The summed E-state index contributed by atoms with van der Waals surface area (Å²) in [6, 6.07) is 0. The van der Waals surface area contributed by atoms with Crippen molar-refractivity contribution in [2.75, 3.05) is 13.2 Å². The lowest BCUT2D eigenvalue weighted by molar-refractivity contribution is -0.161. The number of phosphoric acid groups is 1. The number of hydrogen-bond donors (Lipinski definition) is 2. The Morgan fingerprint density at radius 2 is 0.840 bits per heavy atom. The van der Waals surface area contributed by atoms with Crippen molar-refractivity contribution in [3.05, 3.63) is 12.2 Å². The Bertz CT molecular complexity index is 827. The van der Waals surface area contributed by atoms with Crippen molar-refractivity contribution in [1.82, 2.24) is 0 Å². The summed E-state index contributed by atoms with van der Waals surface area (Å²) < 4.78 is 26.4. The van der Waals surface area contributed by atoms with Gasteiger partial charge in [-0.25, -0.2) is 4.57 Å². The van der Waals surface area contributed by atoms with E-state index in [-0.39, 0.29) is 19.4 Å². The van der Waals surface area contributed by atoms with Crippen molar-refractivity contribution in [3.8, 4) is 0 Å². The molecule has 296 valence electrons. The third-order valence-corrected chi connectivity index (χ3v) is 9.77. The highest BCUT2D eigenvalue weighted by Gasteiger charge is 2.22. The smallest absolute Gasteiger partial charge is 0.462 e. The first-order valence-corrected chi connectivity index (χ1v) is 22.5. The summed E-state index contributed by atoms with van der Waals surface area (Å²) in [4.78, 5) is 42.8. The fourth-order valence-corrected chi connectivity index (χ4v) is 6.49. The van der Waals surface area contributed by atoms with Gasteiger partial charge in [-0.3, -0.25) is 14.1 Å². The molecular weight excluding hydrogens is 651 g/mol. The summed E-state index contributed by atoms with van der Waals surface area (Å²) in [6.45, 7) is 3.69. The van der Waals surface area contributed by atoms with Crippen LogP contribution in [-0.2, 0) is 28.2 Å². The summed E-state index contributed by atoms with van der Waals surface area (Å²) in [5.74, 6) is -0.891. The average molecular weight is 731 g/mol. The third-order valence-electron chi connectivity index (χ3n) is 9.28. The highest BCUT2D eigenvalue weighted by atomic mass is 31.2. The van der Waals surface area contributed by atoms with Crippen molar-refractivity contribution in [2.24, 2.45) is 0 Å². The summed E-state index contributed by atoms with van der Waals surface area (Å²) in [5.41, 5.74) is 0. The standard InChI is InChI=1S/C41H79O8P/c1-3-5-7-9-11-13-15-17-19-20-22-23-25-27-29-31-33-35-40(42)47-37-39(38-48-50(44,45)46)49-41(43)36-34-32-30-28-26-24-21-18-16-14-12-10-8-6-4-2/h24,26,39H,3-23,25,27-38H2,1-2H3,(H2,44,45,46)/b26-24+/t39-/m1/s1. The van der Waals surface area contributed by atoms with Gasteiger partial charge < -0.3 is 19.3 Å². The van der Waals surface area contributed by atoms with E-state index in [2.05, 4.69) is 30.5 Å². The van der Waals surface area contributed by atoms with Gasteiger partial charge in [0, 0.05) is 12.8 Å². The maximum atomic E-state index is 12.4. The van der Waals surface area contributed by atoms with Crippen LogP contribution in [0.5, 0.6) is 0 Å². The first kappa shape index (κ1) is 48.8. The van der Waals surface area contributed by atoms with Gasteiger partial charge in [0.1, 0.15) is 6.61 Å². The molecule has 0 heterocycles. The third kappa shape index (κ3) is 39.6. The lowest BCUT2D eigenvalue weighted by Crippen LogP contribution is -2.29. The van der Waals surface area contributed by atoms with Gasteiger partial charge in [-0.1, -0.05) is 180 Å². The van der Waals surface area contributed by atoms with Crippen LogP contribution in [0.25, 0.3) is 0 Å². The molecule has 0 saturated carbocycles. The SMILES string of the molecule is CCCCCCCCCC/C=C/CCCCCC(=O)O[C@H](COC(=O)CCCCCCCCCCCCCCCCCCC)COP(=O)(O)O. The van der Waals surface area contributed by atoms with E-state index in [1.54, 1.807) is 0 Å². The minimum Gasteiger partial charge on any atom is -0.462 e. The molecule has 0 aliphatic heterocycles. The maximum Gasteiger partial charge on any atom is 0.469 e. The van der Waals surface area contributed by atoms with Crippen LogP contribution in [0.3, 0.4) is 0 Å². The Morgan fingerprint density at radius 1 is 0.500 bits per heavy atom. The van der Waals surface area contributed by atoms with Crippen LogP contribution in [0.15, 0.2) is 12.2 Å². The lowest BCUT2D eigenvalue weighted by Gasteiger charge is -2.18. The van der Waals surface area contributed by atoms with Gasteiger partial charge in [0.2, 0.25) is 0 Å². The molecule has 0 aliphatic rings. The van der Waals surface area contributed by atoms with Crippen molar-refractivity contribution in [1.29, 1.82) is 0 Å². The number of carbonyl (C=O) groups excluding carboxylic acids is 2. The molecule has 2 N–H and O–H groups in total. The van der Waals surface area contributed by atoms with Crippen molar-refractivity contribution >= 4 is 19.8 Å². The van der Waals surface area contributed by atoms with E-state index in [9.17, 15) is 14.2 Å². The molecule has 0 unspecified atom stereocenters. The number of esters is 2. The molecule has 0 aliphatic carbocycles. The Kier molecular flexibility index (Phi) is 36.6. The molecule has 0 amide bonds. The maximum absolute atomic E-state index is 12.4. The van der Waals surface area contributed by atoms with E-state index >= 15 is 0 Å². The predicted octanol–water partition coefficient (Wildman–Crippen LogP) is 12.6. The number of phosphoric ester groups is 1. The molecule has 0 spiro atoms. The minimum absolute atomic E-state index is 0.196. The molecule has 0 saturated heterocycles. The quantitative estimate of drug-likeness (QED) is 0.0278. The summed E-state index contributed by atoms with van der Waals surface area (Å²) >= 11 is 0. The molecule has 0 fully saturated rings. The number of carbonyl (C=O) groups is 2. The van der Waals surface area contributed by atoms with Gasteiger partial charge in [0.05, 0.1) is 6.61 Å². The molecule has 50 heavy (non-hydrogen) atoms. The molecule has 8 nitrogen and oxygen atoms in total. The second-order valence-corrected chi connectivity index (χ2v) is 15.6. The number of hydrogen-bond acceptors (Lipinski definition) is 6. The molecule has 0 rings (SSSR count). The molecule has 9 heteroatoms. The molecule has 0 aromatic heterocycles. The van der Waals surface area contributed by atoms with Crippen LogP contribution in [-0.4, -0.2) is 41.0 Å². The van der Waals surface area contributed by atoms with Crippen LogP contribution in [0.1, 0.15) is 219 Å². The normalized spacial score (nSPS) is 12.5. The Morgan fingerprint density at radius 3 is 1.24 bits per heavy atom. The van der Waals surface area contributed by atoms with Gasteiger partial charge in [-0.2, -0.15) is 0 Å². The number of rotatable bonds is 39. The number of ether oxygens (including phenoxy) is 2. The fraction of sp³-hybridized carbons (Fsp3) is 0.902. The second-order valence-electron chi connectivity index (χ2n) is 14.3. The van der Waals surface area contributed by atoms with E-state index in [4.69, 9.17) is 19.3 Å². The summed E-state index contributed by atoms with van der Waals surface area (Å²) in [6.07, 6.45) is 40.8. The van der Waals surface area contributed by atoms with Crippen molar-refractivity contribution in [2.45, 2.75) is 225 Å². The second kappa shape index (κ2) is 37.5. The van der Waals surface area contributed by atoms with Gasteiger partial charge >= 0.3 is 19.8 Å². The van der Waals surface area contributed by atoms with E-state index in [0.717, 1.165) is 44.9 Å². The van der Waals surface area contributed by atoms with Crippen LogP contribution < -0.4 is 0 Å². The van der Waals surface area contributed by atoms with Crippen molar-refractivity contribution in [3.63, 3.8) is 0 Å². The molecule has 0 bridgehead atoms. The van der Waals surface area contributed by atoms with E-state index < -0.39 is 32.5 Å². The Labute approximate surface area is 307 Å². The average Bonchev–Trinajstić information content (AvgIpc) is 3.08. The fourth-order valence-electron chi connectivity index (χ4n) is 6.13. The van der Waals surface area contributed by atoms with Crippen LogP contribution in [0.2, 0.25) is 0 Å². The highest BCUT2D eigenvalue weighted by Crippen LogP contribution is 2.36. The van der Waals surface area contributed by atoms with Gasteiger partial charge in [0.25, 0.3) is 0 Å². The monoisotopic (exact) mass is 731 g/mol. The largest absolute Gasteiger partial charge is 0.469 e. The zero-order chi connectivity index (χ0) is 36.8. The molecule has 0 aromatic carbocycles. The molecular formula is C41H79O8P. The number of allylic oxidation sites excluding steroid dienone is 2. The number of unbranched alkanes of at least 4 members (excludes halogenated alkanes) is 27. The zero-order valence-corrected chi connectivity index (χ0v) is 33.5. The van der Waals surface area contributed by atoms with E-state index in [0.29, 0.717) is 6.42 Å². The molecule has 0 aromatic rings. The predicted molar refractivity (Wildman–Crippen MR) is 207 cm³/mol. The zero-order valence-electron chi connectivity index (χ0n) is 32.6. The molecule has 1 atom stereocenters. The van der Waals surface area contributed by atoms with Crippen LogP contribution >= 0.6 is 7.82 Å². The van der Waals surface area contributed by atoms with Crippen LogP contribution in [0, 0.1) is 0 Å².